The molecule has 0 aromatic heterocycles. The number of rotatable bonds is 8. The van der Waals surface area contributed by atoms with Crippen LogP contribution >= 0.6 is 15.9 Å². The molecular weight excluding hydrogens is 336 g/mol. The number of halogens is 1. The first-order valence-electron chi connectivity index (χ1n) is 10.0. The second-order valence-electron chi connectivity index (χ2n) is 7.41. The largest absolute Gasteiger partial charge is 0.396 e. The molecule has 2 aliphatic carbocycles. The molecule has 0 amide bonds. The highest BCUT2D eigenvalue weighted by Gasteiger charge is 2.12. The molecule has 0 radical (unpaired) electrons. The topological polar surface area (TPSA) is 20.2 Å². The zero-order valence-electron chi connectivity index (χ0n) is 14.7. The van der Waals surface area contributed by atoms with Crippen molar-refractivity contribution < 1.29 is 5.11 Å². The molecule has 2 heteroatoms. The molecule has 1 nitrogen and oxygen atoms in total. The van der Waals surface area contributed by atoms with Gasteiger partial charge in [0, 0.05) is 11.9 Å². The van der Waals surface area contributed by atoms with Crippen molar-refractivity contribution in [3.8, 4) is 0 Å². The Morgan fingerprint density at radius 3 is 1.50 bits per heavy atom. The molecule has 132 valence electrons. The van der Waals surface area contributed by atoms with Crippen molar-refractivity contribution in [1.29, 1.82) is 0 Å². The Hall–Kier alpha value is 0.440. The minimum atomic E-state index is 0.382. The molecule has 0 saturated heterocycles. The minimum absolute atomic E-state index is 0.382. The Morgan fingerprint density at radius 2 is 1.09 bits per heavy atom. The maximum atomic E-state index is 8.60. The van der Waals surface area contributed by atoms with E-state index in [4.69, 9.17) is 5.11 Å². The normalized spacial score (nSPS) is 20.5. The Bertz CT molecular complexity index is 196. The van der Waals surface area contributed by atoms with E-state index in [1.54, 1.807) is 0 Å². The third kappa shape index (κ3) is 11.0. The summed E-state index contributed by atoms with van der Waals surface area (Å²) < 4.78 is 0. The van der Waals surface area contributed by atoms with Gasteiger partial charge in [-0.1, -0.05) is 106 Å². The fourth-order valence-corrected chi connectivity index (χ4v) is 4.42. The van der Waals surface area contributed by atoms with E-state index < -0.39 is 0 Å². The lowest BCUT2D eigenvalue weighted by atomic mass is 9.86. The summed E-state index contributed by atoms with van der Waals surface area (Å²) in [5, 5.41) is 9.79. The summed E-state index contributed by atoms with van der Waals surface area (Å²) in [6, 6.07) is 0. The molecule has 2 saturated carbocycles. The average molecular weight is 375 g/mol. The zero-order valence-corrected chi connectivity index (χ0v) is 16.3. The molecule has 22 heavy (non-hydrogen) atoms. The van der Waals surface area contributed by atoms with E-state index in [1.165, 1.54) is 102 Å². The van der Waals surface area contributed by atoms with Gasteiger partial charge in [-0.05, 0) is 24.7 Å². The molecule has 0 aromatic rings. The molecule has 0 heterocycles. The van der Waals surface area contributed by atoms with Crippen LogP contribution in [0.2, 0.25) is 0 Å². The van der Waals surface area contributed by atoms with Crippen molar-refractivity contribution in [2.24, 2.45) is 11.8 Å². The van der Waals surface area contributed by atoms with E-state index in [9.17, 15) is 0 Å². The summed E-state index contributed by atoms with van der Waals surface area (Å²) >= 11 is 3.47. The molecule has 2 rings (SSSR count). The van der Waals surface area contributed by atoms with Crippen molar-refractivity contribution >= 4 is 15.9 Å². The van der Waals surface area contributed by atoms with Gasteiger partial charge in [-0.3, -0.25) is 0 Å². The SMILES string of the molecule is BrCCCCC1CCCCC1.OCCCCC1CCCCC1. The number of alkyl halides is 1. The molecule has 0 atom stereocenters. The van der Waals surface area contributed by atoms with Crippen LogP contribution in [-0.2, 0) is 0 Å². The van der Waals surface area contributed by atoms with Crippen molar-refractivity contribution in [3.63, 3.8) is 0 Å². The number of aliphatic hydroxyl groups excluding tert-OH is 1. The van der Waals surface area contributed by atoms with E-state index >= 15 is 0 Å². The summed E-state index contributed by atoms with van der Waals surface area (Å²) in [5.41, 5.74) is 0. The van der Waals surface area contributed by atoms with Crippen LogP contribution in [0.25, 0.3) is 0 Å². The number of hydrogen-bond acceptors (Lipinski definition) is 1. The highest BCUT2D eigenvalue weighted by Crippen LogP contribution is 2.28. The summed E-state index contributed by atoms with van der Waals surface area (Å²) in [6.45, 7) is 0.382. The van der Waals surface area contributed by atoms with Gasteiger partial charge in [0.1, 0.15) is 0 Å². The molecule has 0 spiro atoms. The third-order valence-corrected chi connectivity index (χ3v) is 6.03. The van der Waals surface area contributed by atoms with E-state index in [-0.39, 0.29) is 0 Å². The first kappa shape index (κ1) is 20.5. The summed E-state index contributed by atoms with van der Waals surface area (Å²) in [6.07, 6.45) is 22.7. The molecule has 2 aliphatic rings. The van der Waals surface area contributed by atoms with E-state index in [0.29, 0.717) is 6.61 Å². The van der Waals surface area contributed by atoms with Crippen molar-refractivity contribution in [3.05, 3.63) is 0 Å². The average Bonchev–Trinajstić information content (AvgIpc) is 2.58. The molecule has 0 aliphatic heterocycles. The fourth-order valence-electron chi connectivity index (χ4n) is 4.02. The van der Waals surface area contributed by atoms with Gasteiger partial charge < -0.3 is 5.11 Å². The first-order chi connectivity index (χ1) is 10.9. The fraction of sp³-hybridized carbons (Fsp3) is 1.00. The lowest BCUT2D eigenvalue weighted by molar-refractivity contribution is 0.267. The Morgan fingerprint density at radius 1 is 0.636 bits per heavy atom. The first-order valence-corrected chi connectivity index (χ1v) is 11.2. The standard InChI is InChI=1S/C10H19Br.C10H20O/c2*11-9-5-4-8-10-6-2-1-3-7-10/h10H,1-9H2;10-11H,1-9H2. The van der Waals surface area contributed by atoms with Gasteiger partial charge in [0.15, 0.2) is 0 Å². The maximum Gasteiger partial charge on any atom is 0.0431 e. The van der Waals surface area contributed by atoms with Crippen LogP contribution < -0.4 is 0 Å². The van der Waals surface area contributed by atoms with Crippen LogP contribution in [0.1, 0.15) is 103 Å². The van der Waals surface area contributed by atoms with Gasteiger partial charge in [0.2, 0.25) is 0 Å². The summed E-state index contributed by atoms with van der Waals surface area (Å²) in [5.74, 6) is 2.08. The van der Waals surface area contributed by atoms with Gasteiger partial charge in [0.05, 0.1) is 0 Å². The molecular formula is C20H39BrO. The monoisotopic (exact) mass is 374 g/mol. The van der Waals surface area contributed by atoms with Gasteiger partial charge in [0.25, 0.3) is 0 Å². The van der Waals surface area contributed by atoms with E-state index in [1.807, 2.05) is 0 Å². The number of hydrogen-bond donors (Lipinski definition) is 1. The van der Waals surface area contributed by atoms with Gasteiger partial charge in [-0.15, -0.1) is 0 Å². The molecule has 0 bridgehead atoms. The molecule has 1 N–H and O–H groups in total. The highest BCUT2D eigenvalue weighted by molar-refractivity contribution is 9.09. The lowest BCUT2D eigenvalue weighted by Crippen LogP contribution is -2.05. The van der Waals surface area contributed by atoms with Crippen LogP contribution in [0.3, 0.4) is 0 Å². The predicted octanol–water partition coefficient (Wildman–Crippen LogP) is 6.86. The number of aliphatic hydroxyl groups is 1. The van der Waals surface area contributed by atoms with E-state index in [0.717, 1.165) is 18.3 Å². The van der Waals surface area contributed by atoms with Crippen LogP contribution in [0.4, 0.5) is 0 Å². The minimum Gasteiger partial charge on any atom is -0.396 e. The van der Waals surface area contributed by atoms with Crippen LogP contribution in [0, 0.1) is 11.8 Å². The molecule has 2 fully saturated rings. The maximum absolute atomic E-state index is 8.60. The lowest BCUT2D eigenvalue weighted by Gasteiger charge is -2.20. The van der Waals surface area contributed by atoms with Crippen LogP contribution in [0.15, 0.2) is 0 Å². The Labute approximate surface area is 147 Å². The van der Waals surface area contributed by atoms with Gasteiger partial charge in [-0.2, -0.15) is 0 Å². The van der Waals surface area contributed by atoms with Gasteiger partial charge in [-0.25, -0.2) is 0 Å². The quantitative estimate of drug-likeness (QED) is 0.363. The third-order valence-electron chi connectivity index (χ3n) is 5.47. The van der Waals surface area contributed by atoms with Crippen molar-refractivity contribution in [2.45, 2.75) is 103 Å². The van der Waals surface area contributed by atoms with Crippen molar-refractivity contribution in [1.82, 2.24) is 0 Å². The number of unbranched alkanes of at least 4 members (excludes halogenated alkanes) is 2. The summed E-state index contributed by atoms with van der Waals surface area (Å²) in [7, 11) is 0. The van der Waals surface area contributed by atoms with E-state index in [2.05, 4.69) is 15.9 Å². The second kappa shape index (κ2) is 15.0. The highest BCUT2D eigenvalue weighted by atomic mass is 79.9. The summed E-state index contributed by atoms with van der Waals surface area (Å²) in [4.78, 5) is 0. The van der Waals surface area contributed by atoms with Crippen LogP contribution in [-0.4, -0.2) is 17.0 Å². The second-order valence-corrected chi connectivity index (χ2v) is 8.21. The predicted molar refractivity (Wildman–Crippen MR) is 102 cm³/mol. The molecule has 0 unspecified atom stereocenters. The Kier molecular flexibility index (Phi) is 14.0. The van der Waals surface area contributed by atoms with Gasteiger partial charge >= 0.3 is 0 Å². The smallest absolute Gasteiger partial charge is 0.0431 e. The zero-order chi connectivity index (χ0) is 15.9. The molecule has 0 aromatic carbocycles. The van der Waals surface area contributed by atoms with Crippen LogP contribution in [0.5, 0.6) is 0 Å². The Balaban J connectivity index is 0.000000220. The van der Waals surface area contributed by atoms with Crippen molar-refractivity contribution in [2.75, 3.05) is 11.9 Å².